The lowest BCUT2D eigenvalue weighted by molar-refractivity contribution is -0.143. The Morgan fingerprint density at radius 1 is 1.15 bits per heavy atom. The molecule has 0 radical (unpaired) electrons. The maximum absolute atomic E-state index is 12.0. The number of piperidine rings is 1. The normalized spacial score (nSPS) is 21.3. The van der Waals surface area contributed by atoms with Crippen molar-refractivity contribution < 1.29 is 19.1 Å². The van der Waals surface area contributed by atoms with Crippen LogP contribution < -0.4 is 9.47 Å². The predicted octanol–water partition coefficient (Wildman–Crippen LogP) is 1.49. The minimum Gasteiger partial charge on any atom is -0.493 e. The van der Waals surface area contributed by atoms with E-state index < -0.39 is 0 Å². The zero-order valence-electron chi connectivity index (χ0n) is 11.6. The molecule has 0 aromatic heterocycles. The summed E-state index contributed by atoms with van der Waals surface area (Å²) in [7, 11) is 3.19. The lowest BCUT2D eigenvalue weighted by Crippen LogP contribution is -2.45. The van der Waals surface area contributed by atoms with Gasteiger partial charge in [-0.15, -0.1) is 0 Å². The molecule has 1 aromatic rings. The first-order valence-electron chi connectivity index (χ1n) is 6.70. The highest BCUT2D eigenvalue weighted by Crippen LogP contribution is 2.41. The van der Waals surface area contributed by atoms with E-state index >= 15 is 0 Å². The fraction of sp³-hybridized carbons (Fsp3) is 0.467. The second-order valence-electron chi connectivity index (χ2n) is 5.18. The molecule has 0 unspecified atom stereocenters. The van der Waals surface area contributed by atoms with Crippen LogP contribution in [0.15, 0.2) is 12.1 Å². The van der Waals surface area contributed by atoms with Crippen molar-refractivity contribution in [3.8, 4) is 11.5 Å². The lowest BCUT2D eigenvalue weighted by atomic mass is 9.86. The third-order valence-corrected chi connectivity index (χ3v) is 4.09. The Kier molecular flexibility index (Phi) is 3.12. The molecular formula is C15H17NO4. The molecule has 0 spiro atoms. The second-order valence-corrected chi connectivity index (χ2v) is 5.18. The van der Waals surface area contributed by atoms with E-state index in [0.717, 1.165) is 17.5 Å². The number of ketones is 1. The van der Waals surface area contributed by atoms with Gasteiger partial charge in [0.2, 0.25) is 5.91 Å². The van der Waals surface area contributed by atoms with Gasteiger partial charge in [0, 0.05) is 13.0 Å². The first-order chi connectivity index (χ1) is 9.63. The summed E-state index contributed by atoms with van der Waals surface area (Å²) in [5, 5.41) is 0. The van der Waals surface area contributed by atoms with Crippen molar-refractivity contribution in [3.63, 3.8) is 0 Å². The largest absolute Gasteiger partial charge is 0.493 e. The Labute approximate surface area is 117 Å². The topological polar surface area (TPSA) is 55.8 Å². The number of methoxy groups -OCH3 is 2. The molecule has 1 atom stereocenters. The summed E-state index contributed by atoms with van der Waals surface area (Å²) in [5.74, 6) is 1.28. The molecule has 2 aliphatic rings. The highest BCUT2D eigenvalue weighted by molar-refractivity contribution is 6.01. The van der Waals surface area contributed by atoms with Gasteiger partial charge in [0.05, 0.1) is 26.7 Å². The van der Waals surface area contributed by atoms with Crippen LogP contribution in [-0.4, -0.2) is 37.4 Å². The first-order valence-corrected chi connectivity index (χ1v) is 6.70. The van der Waals surface area contributed by atoms with Crippen LogP contribution in [0.4, 0.5) is 0 Å². The molecule has 2 aliphatic heterocycles. The molecule has 0 aliphatic carbocycles. The molecule has 5 nitrogen and oxygen atoms in total. The second kappa shape index (κ2) is 4.81. The maximum Gasteiger partial charge on any atom is 0.230 e. The Balaban J connectivity index is 2.07. The van der Waals surface area contributed by atoms with E-state index in [4.69, 9.17) is 9.47 Å². The summed E-state index contributed by atoms with van der Waals surface area (Å²) in [6.07, 6.45) is 1.22. The smallest absolute Gasteiger partial charge is 0.230 e. The molecular weight excluding hydrogens is 258 g/mol. The van der Waals surface area contributed by atoms with Gasteiger partial charge in [-0.1, -0.05) is 0 Å². The predicted molar refractivity (Wildman–Crippen MR) is 71.9 cm³/mol. The number of hydrogen-bond donors (Lipinski definition) is 0. The average Bonchev–Trinajstić information content (AvgIpc) is 2.45. The summed E-state index contributed by atoms with van der Waals surface area (Å²) in [4.78, 5) is 25.5. The summed E-state index contributed by atoms with van der Waals surface area (Å²) < 4.78 is 10.6. The molecule has 0 N–H and O–H groups in total. The highest BCUT2D eigenvalue weighted by Gasteiger charge is 2.37. The monoisotopic (exact) mass is 275 g/mol. The van der Waals surface area contributed by atoms with Crippen molar-refractivity contribution in [3.05, 3.63) is 23.3 Å². The van der Waals surface area contributed by atoms with Gasteiger partial charge in [0.15, 0.2) is 11.5 Å². The number of nitrogens with zero attached hydrogens (tertiary/aromatic N) is 1. The van der Waals surface area contributed by atoms with Crippen LogP contribution in [0.2, 0.25) is 0 Å². The molecule has 2 heterocycles. The first kappa shape index (κ1) is 13.0. The third kappa shape index (κ3) is 1.94. The van der Waals surface area contributed by atoms with Gasteiger partial charge in [-0.05, 0) is 29.7 Å². The van der Waals surface area contributed by atoms with Crippen LogP contribution in [0.1, 0.15) is 30.0 Å². The highest BCUT2D eigenvalue weighted by atomic mass is 16.5. The number of ether oxygens (including phenoxy) is 2. The summed E-state index contributed by atoms with van der Waals surface area (Å²) in [6.45, 7) is 0.666. The molecule has 5 heteroatoms. The van der Waals surface area contributed by atoms with Crippen molar-refractivity contribution in [1.82, 2.24) is 4.90 Å². The number of hydrogen-bond acceptors (Lipinski definition) is 4. The van der Waals surface area contributed by atoms with Crippen molar-refractivity contribution >= 4 is 11.7 Å². The number of benzene rings is 1. The average molecular weight is 275 g/mol. The van der Waals surface area contributed by atoms with Gasteiger partial charge in [-0.25, -0.2) is 0 Å². The molecule has 1 fully saturated rings. The van der Waals surface area contributed by atoms with E-state index in [1.165, 1.54) is 0 Å². The van der Waals surface area contributed by atoms with Gasteiger partial charge < -0.3 is 14.4 Å². The quantitative estimate of drug-likeness (QED) is 0.767. The van der Waals surface area contributed by atoms with Gasteiger partial charge in [-0.3, -0.25) is 9.59 Å². The SMILES string of the molecule is COc1cc2c(cc1OC)[C@@H]1CC(=O)CC(=O)N1CC2. The van der Waals surface area contributed by atoms with Gasteiger partial charge >= 0.3 is 0 Å². The fourth-order valence-corrected chi connectivity index (χ4v) is 3.10. The summed E-state index contributed by atoms with van der Waals surface area (Å²) >= 11 is 0. The molecule has 3 rings (SSSR count). The fourth-order valence-electron chi connectivity index (χ4n) is 3.10. The summed E-state index contributed by atoms with van der Waals surface area (Å²) in [6, 6.07) is 3.71. The van der Waals surface area contributed by atoms with Crippen molar-refractivity contribution in [2.45, 2.75) is 25.3 Å². The van der Waals surface area contributed by atoms with Gasteiger partial charge in [-0.2, -0.15) is 0 Å². The molecule has 20 heavy (non-hydrogen) atoms. The maximum atomic E-state index is 12.0. The number of carbonyl (C=O) groups is 2. The minimum atomic E-state index is -0.146. The van der Waals surface area contributed by atoms with Crippen LogP contribution in [0.3, 0.4) is 0 Å². The zero-order valence-corrected chi connectivity index (χ0v) is 11.6. The number of fused-ring (bicyclic) bond motifs is 3. The Hall–Kier alpha value is -2.04. The van der Waals surface area contributed by atoms with Crippen LogP contribution in [-0.2, 0) is 16.0 Å². The molecule has 1 aromatic carbocycles. The summed E-state index contributed by atoms with van der Waals surface area (Å²) in [5.41, 5.74) is 2.14. The van der Waals surface area contributed by atoms with Gasteiger partial charge in [0.1, 0.15) is 5.78 Å². The van der Waals surface area contributed by atoms with Crippen molar-refractivity contribution in [1.29, 1.82) is 0 Å². The van der Waals surface area contributed by atoms with Crippen LogP contribution in [0, 0.1) is 0 Å². The van der Waals surface area contributed by atoms with E-state index in [1.807, 2.05) is 17.0 Å². The minimum absolute atomic E-state index is 0.0129. The van der Waals surface area contributed by atoms with Gasteiger partial charge in [0.25, 0.3) is 0 Å². The Bertz CT molecular complexity index is 581. The number of Topliss-reactive ketones (excluding diaryl/α,β-unsaturated/α-hetero) is 1. The van der Waals surface area contributed by atoms with Crippen molar-refractivity contribution in [2.75, 3.05) is 20.8 Å². The number of carbonyl (C=O) groups excluding carboxylic acids is 2. The van der Waals surface area contributed by atoms with E-state index in [0.29, 0.717) is 24.5 Å². The third-order valence-electron chi connectivity index (χ3n) is 4.09. The zero-order chi connectivity index (χ0) is 14.3. The van der Waals surface area contributed by atoms with E-state index in [-0.39, 0.29) is 24.2 Å². The standard InChI is InChI=1S/C15H17NO4/c1-19-13-5-9-3-4-16-12(6-10(17)7-15(16)18)11(9)8-14(13)20-2/h5,8,12H,3-4,6-7H2,1-2H3/t12-/m0/s1. The van der Waals surface area contributed by atoms with E-state index in [1.54, 1.807) is 14.2 Å². The van der Waals surface area contributed by atoms with E-state index in [2.05, 4.69) is 0 Å². The van der Waals surface area contributed by atoms with Crippen LogP contribution >= 0.6 is 0 Å². The Morgan fingerprint density at radius 2 is 1.85 bits per heavy atom. The molecule has 0 saturated carbocycles. The van der Waals surface area contributed by atoms with Crippen LogP contribution in [0.5, 0.6) is 11.5 Å². The molecule has 1 saturated heterocycles. The van der Waals surface area contributed by atoms with Crippen LogP contribution in [0.25, 0.3) is 0 Å². The molecule has 0 bridgehead atoms. The Morgan fingerprint density at radius 3 is 2.55 bits per heavy atom. The van der Waals surface area contributed by atoms with Crippen molar-refractivity contribution in [2.24, 2.45) is 0 Å². The molecule has 1 amide bonds. The van der Waals surface area contributed by atoms with E-state index in [9.17, 15) is 9.59 Å². The molecule has 106 valence electrons. The number of amides is 1. The number of rotatable bonds is 2. The lowest BCUT2D eigenvalue weighted by Gasteiger charge is -2.40.